The molecule has 0 unspecified atom stereocenters. The zero-order chi connectivity index (χ0) is 13.6. The van der Waals surface area contributed by atoms with Crippen LogP contribution in [0, 0.1) is 0 Å². The Labute approximate surface area is 121 Å². The van der Waals surface area contributed by atoms with Gasteiger partial charge in [-0.3, -0.25) is 4.79 Å². The number of carbonyl (C=O) groups is 1. The molecule has 1 aromatic carbocycles. The summed E-state index contributed by atoms with van der Waals surface area (Å²) < 4.78 is 0. The highest BCUT2D eigenvalue weighted by molar-refractivity contribution is 6.42. The standard InChI is InChI=1S/C13H14Cl2N2O2/c14-9-1-2-10(18)12(13(9)15)7-3-11(19)17(6-7)8-4-16-5-8/h1-2,7-8,16,18H,3-6H2/t7-/m0/s1. The summed E-state index contributed by atoms with van der Waals surface area (Å²) in [6.45, 7) is 2.28. The van der Waals surface area contributed by atoms with Crippen LogP contribution in [-0.4, -0.2) is 41.6 Å². The highest BCUT2D eigenvalue weighted by Crippen LogP contribution is 2.42. The van der Waals surface area contributed by atoms with Gasteiger partial charge >= 0.3 is 0 Å². The number of carbonyl (C=O) groups excluding carboxylic acids is 1. The molecule has 1 amide bonds. The number of benzene rings is 1. The van der Waals surface area contributed by atoms with Crippen molar-refractivity contribution < 1.29 is 9.90 Å². The van der Waals surface area contributed by atoms with E-state index in [4.69, 9.17) is 23.2 Å². The second-order valence-electron chi connectivity index (χ2n) is 5.05. The van der Waals surface area contributed by atoms with Crippen molar-refractivity contribution in [3.05, 3.63) is 27.7 Å². The molecule has 102 valence electrons. The van der Waals surface area contributed by atoms with Gasteiger partial charge in [0, 0.05) is 37.5 Å². The lowest BCUT2D eigenvalue weighted by Crippen LogP contribution is -2.57. The number of hydrogen-bond donors (Lipinski definition) is 2. The van der Waals surface area contributed by atoms with Crippen LogP contribution in [0.5, 0.6) is 5.75 Å². The van der Waals surface area contributed by atoms with Crippen molar-refractivity contribution in [3.63, 3.8) is 0 Å². The minimum absolute atomic E-state index is 0.0840. The average Bonchev–Trinajstić information content (AvgIpc) is 2.65. The largest absolute Gasteiger partial charge is 0.508 e. The van der Waals surface area contributed by atoms with Gasteiger partial charge in [-0.05, 0) is 12.1 Å². The Kier molecular flexibility index (Phi) is 3.33. The Morgan fingerprint density at radius 1 is 1.32 bits per heavy atom. The van der Waals surface area contributed by atoms with E-state index in [1.165, 1.54) is 6.07 Å². The monoisotopic (exact) mass is 300 g/mol. The molecular weight excluding hydrogens is 287 g/mol. The van der Waals surface area contributed by atoms with Gasteiger partial charge in [0.25, 0.3) is 0 Å². The first kappa shape index (κ1) is 13.0. The Hall–Kier alpha value is -0.970. The maximum atomic E-state index is 12.0. The number of aromatic hydroxyl groups is 1. The van der Waals surface area contributed by atoms with E-state index in [2.05, 4.69) is 5.32 Å². The maximum absolute atomic E-state index is 12.0. The van der Waals surface area contributed by atoms with E-state index in [0.717, 1.165) is 13.1 Å². The van der Waals surface area contributed by atoms with Gasteiger partial charge in [0.2, 0.25) is 5.91 Å². The molecule has 0 bridgehead atoms. The molecule has 2 saturated heterocycles. The number of nitrogens with one attached hydrogen (secondary N) is 1. The molecule has 2 heterocycles. The van der Waals surface area contributed by atoms with E-state index in [0.29, 0.717) is 28.6 Å². The van der Waals surface area contributed by atoms with Crippen molar-refractivity contribution in [2.75, 3.05) is 19.6 Å². The second kappa shape index (κ2) is 4.85. The van der Waals surface area contributed by atoms with Gasteiger partial charge in [-0.15, -0.1) is 0 Å². The molecular formula is C13H14Cl2N2O2. The number of likely N-dealkylation sites (tertiary alicyclic amines) is 1. The highest BCUT2D eigenvalue weighted by atomic mass is 35.5. The molecule has 6 heteroatoms. The zero-order valence-corrected chi connectivity index (χ0v) is 11.7. The molecule has 1 aromatic rings. The molecule has 1 atom stereocenters. The normalized spacial score (nSPS) is 23.8. The van der Waals surface area contributed by atoms with Crippen LogP contribution in [0.2, 0.25) is 10.0 Å². The lowest BCUT2D eigenvalue weighted by molar-refractivity contribution is -0.130. The van der Waals surface area contributed by atoms with Crippen molar-refractivity contribution in [2.45, 2.75) is 18.4 Å². The topological polar surface area (TPSA) is 52.6 Å². The van der Waals surface area contributed by atoms with Gasteiger partial charge in [0.05, 0.1) is 16.1 Å². The summed E-state index contributed by atoms with van der Waals surface area (Å²) in [5, 5.41) is 13.9. The van der Waals surface area contributed by atoms with Crippen LogP contribution in [0.1, 0.15) is 17.9 Å². The Bertz CT molecular complexity index is 532. The molecule has 0 aliphatic carbocycles. The van der Waals surface area contributed by atoms with Crippen molar-refractivity contribution in [1.82, 2.24) is 10.2 Å². The summed E-state index contributed by atoms with van der Waals surface area (Å²) in [6.07, 6.45) is 0.379. The molecule has 19 heavy (non-hydrogen) atoms. The highest BCUT2D eigenvalue weighted by Gasteiger charge is 2.39. The third-order valence-electron chi connectivity index (χ3n) is 3.88. The molecule has 0 aromatic heterocycles. The Morgan fingerprint density at radius 2 is 2.05 bits per heavy atom. The van der Waals surface area contributed by atoms with Crippen LogP contribution < -0.4 is 5.32 Å². The fourth-order valence-corrected chi connectivity index (χ4v) is 3.20. The van der Waals surface area contributed by atoms with E-state index < -0.39 is 0 Å². The summed E-state index contributed by atoms with van der Waals surface area (Å²) in [5.74, 6) is 0.145. The maximum Gasteiger partial charge on any atom is 0.223 e. The van der Waals surface area contributed by atoms with E-state index in [9.17, 15) is 9.90 Å². The summed E-state index contributed by atoms with van der Waals surface area (Å²) in [6, 6.07) is 3.37. The number of halogens is 2. The molecule has 4 nitrogen and oxygen atoms in total. The van der Waals surface area contributed by atoms with Crippen molar-refractivity contribution in [3.8, 4) is 5.75 Å². The summed E-state index contributed by atoms with van der Waals surface area (Å²) >= 11 is 12.2. The minimum atomic E-state index is -0.0840. The number of amides is 1. The first-order valence-electron chi connectivity index (χ1n) is 6.25. The molecule has 2 aliphatic heterocycles. The smallest absolute Gasteiger partial charge is 0.223 e. The van der Waals surface area contributed by atoms with E-state index in [1.807, 2.05) is 4.90 Å². The van der Waals surface area contributed by atoms with Crippen molar-refractivity contribution in [2.24, 2.45) is 0 Å². The van der Waals surface area contributed by atoms with Crippen molar-refractivity contribution >= 4 is 29.1 Å². The van der Waals surface area contributed by atoms with Gasteiger partial charge < -0.3 is 15.3 Å². The van der Waals surface area contributed by atoms with E-state index in [-0.39, 0.29) is 23.6 Å². The lowest BCUT2D eigenvalue weighted by Gasteiger charge is -2.35. The van der Waals surface area contributed by atoms with Crippen LogP contribution in [0.15, 0.2) is 12.1 Å². The van der Waals surface area contributed by atoms with Crippen molar-refractivity contribution in [1.29, 1.82) is 0 Å². The molecule has 2 N–H and O–H groups in total. The van der Waals surface area contributed by atoms with Crippen LogP contribution in [-0.2, 0) is 4.79 Å². The van der Waals surface area contributed by atoms with Crippen LogP contribution in [0.3, 0.4) is 0 Å². The molecule has 0 radical (unpaired) electrons. The number of phenols is 1. The third-order valence-corrected chi connectivity index (χ3v) is 4.70. The van der Waals surface area contributed by atoms with E-state index >= 15 is 0 Å². The number of rotatable bonds is 2. The fourth-order valence-electron chi connectivity index (χ4n) is 2.72. The zero-order valence-electron chi connectivity index (χ0n) is 10.2. The average molecular weight is 301 g/mol. The van der Waals surface area contributed by atoms with Gasteiger partial charge in [0.15, 0.2) is 0 Å². The third kappa shape index (κ3) is 2.18. The first-order chi connectivity index (χ1) is 9.08. The Morgan fingerprint density at radius 3 is 2.68 bits per heavy atom. The van der Waals surface area contributed by atoms with Crippen LogP contribution >= 0.6 is 23.2 Å². The predicted octanol–water partition coefficient (Wildman–Crippen LogP) is 1.99. The number of phenolic OH excluding ortho intramolecular Hbond substituents is 1. The number of hydrogen-bond acceptors (Lipinski definition) is 3. The summed E-state index contributed by atoms with van der Waals surface area (Å²) in [7, 11) is 0. The lowest BCUT2D eigenvalue weighted by atomic mass is 9.97. The SMILES string of the molecule is O=C1C[C@H](c2c(O)ccc(Cl)c2Cl)CN1C1CNC1. The van der Waals surface area contributed by atoms with Gasteiger partial charge in [-0.25, -0.2) is 0 Å². The van der Waals surface area contributed by atoms with E-state index in [1.54, 1.807) is 6.07 Å². The van der Waals surface area contributed by atoms with Crippen LogP contribution in [0.4, 0.5) is 0 Å². The summed E-state index contributed by atoms with van der Waals surface area (Å²) in [5.41, 5.74) is 0.595. The minimum Gasteiger partial charge on any atom is -0.508 e. The summed E-state index contributed by atoms with van der Waals surface area (Å²) in [4.78, 5) is 13.9. The first-order valence-corrected chi connectivity index (χ1v) is 7.00. The second-order valence-corrected chi connectivity index (χ2v) is 5.84. The Balaban J connectivity index is 1.88. The molecule has 2 aliphatic rings. The number of nitrogens with zero attached hydrogens (tertiary/aromatic N) is 1. The molecule has 0 spiro atoms. The van der Waals surface area contributed by atoms with Crippen LogP contribution in [0.25, 0.3) is 0 Å². The fraction of sp³-hybridized carbons (Fsp3) is 0.462. The van der Waals surface area contributed by atoms with Gasteiger partial charge in [0.1, 0.15) is 5.75 Å². The van der Waals surface area contributed by atoms with Gasteiger partial charge in [-0.2, -0.15) is 0 Å². The quantitative estimate of drug-likeness (QED) is 0.878. The molecule has 0 saturated carbocycles. The predicted molar refractivity (Wildman–Crippen MR) is 73.9 cm³/mol. The van der Waals surface area contributed by atoms with Gasteiger partial charge in [-0.1, -0.05) is 23.2 Å². The molecule has 3 rings (SSSR count). The molecule has 2 fully saturated rings.